The average Bonchev–Trinajstić information content (AvgIpc) is 2.52. The molecule has 0 N–H and O–H groups in total. The van der Waals surface area contributed by atoms with Crippen molar-refractivity contribution in [3.63, 3.8) is 0 Å². The molecule has 1 heterocycles. The summed E-state index contributed by atoms with van der Waals surface area (Å²) in [6, 6.07) is 0.973. The Labute approximate surface area is 84.7 Å². The molecule has 0 aromatic carbocycles. The van der Waals surface area contributed by atoms with Crippen molar-refractivity contribution in [3.8, 4) is 0 Å². The second-order valence-electron chi connectivity index (χ2n) is 2.86. The molecule has 0 saturated carbocycles. The van der Waals surface area contributed by atoms with Crippen LogP contribution in [-0.4, -0.2) is 15.7 Å². The number of halogens is 4. The van der Waals surface area contributed by atoms with Gasteiger partial charge in [0.1, 0.15) is 0 Å². The van der Waals surface area contributed by atoms with Crippen LogP contribution in [0.1, 0.15) is 18.5 Å². The SMILES string of the molecule is FC(F)(F)c1ccn(CCCCCl)n1. The molecule has 6 heteroatoms. The average molecular weight is 227 g/mol. The summed E-state index contributed by atoms with van der Waals surface area (Å²) in [5.74, 6) is 0.521. The third kappa shape index (κ3) is 3.21. The van der Waals surface area contributed by atoms with Gasteiger partial charge < -0.3 is 0 Å². The summed E-state index contributed by atoms with van der Waals surface area (Å²) >= 11 is 5.44. The van der Waals surface area contributed by atoms with Crippen LogP contribution in [0.4, 0.5) is 13.2 Å². The number of aryl methyl sites for hydroxylation is 1. The topological polar surface area (TPSA) is 17.8 Å². The third-order valence-corrected chi connectivity index (χ3v) is 1.97. The molecule has 0 bridgehead atoms. The van der Waals surface area contributed by atoms with Crippen molar-refractivity contribution >= 4 is 11.6 Å². The number of unbranched alkanes of at least 4 members (excludes halogenated alkanes) is 1. The molecule has 0 atom stereocenters. The van der Waals surface area contributed by atoms with Gasteiger partial charge in [-0.2, -0.15) is 18.3 Å². The molecule has 0 saturated heterocycles. The third-order valence-electron chi connectivity index (χ3n) is 1.70. The molecule has 0 aliphatic carbocycles. The number of rotatable bonds is 4. The van der Waals surface area contributed by atoms with E-state index >= 15 is 0 Å². The molecule has 1 rings (SSSR count). The second kappa shape index (κ2) is 4.68. The van der Waals surface area contributed by atoms with E-state index in [1.807, 2.05) is 0 Å². The number of aromatic nitrogens is 2. The van der Waals surface area contributed by atoms with Gasteiger partial charge in [-0.1, -0.05) is 0 Å². The van der Waals surface area contributed by atoms with Crippen LogP contribution in [-0.2, 0) is 12.7 Å². The Bertz CT molecular complexity index is 282. The molecule has 0 fully saturated rings. The van der Waals surface area contributed by atoms with Crippen LogP contribution in [0, 0.1) is 0 Å². The van der Waals surface area contributed by atoms with Gasteiger partial charge in [-0.15, -0.1) is 11.6 Å². The molecule has 0 spiro atoms. The summed E-state index contributed by atoms with van der Waals surface area (Å²) in [7, 11) is 0. The fourth-order valence-corrected chi connectivity index (χ4v) is 1.19. The highest BCUT2D eigenvalue weighted by Crippen LogP contribution is 2.27. The van der Waals surface area contributed by atoms with Gasteiger partial charge >= 0.3 is 6.18 Å². The summed E-state index contributed by atoms with van der Waals surface area (Å²) in [6.07, 6.45) is -1.50. The first-order valence-electron chi connectivity index (χ1n) is 4.20. The van der Waals surface area contributed by atoms with Crippen molar-refractivity contribution in [1.29, 1.82) is 0 Å². The number of hydrogen-bond acceptors (Lipinski definition) is 1. The lowest BCUT2D eigenvalue weighted by Gasteiger charge is -2.01. The number of hydrogen-bond donors (Lipinski definition) is 0. The zero-order valence-corrected chi connectivity index (χ0v) is 8.15. The Balaban J connectivity index is 2.51. The fraction of sp³-hybridized carbons (Fsp3) is 0.625. The van der Waals surface area contributed by atoms with E-state index < -0.39 is 11.9 Å². The molecular weight excluding hydrogens is 217 g/mol. The molecule has 0 aliphatic rings. The first-order chi connectivity index (χ1) is 6.54. The molecular formula is C8H10ClF3N2. The monoisotopic (exact) mass is 226 g/mol. The molecule has 1 aromatic rings. The zero-order chi connectivity index (χ0) is 10.6. The van der Waals surface area contributed by atoms with Gasteiger partial charge in [0.2, 0.25) is 0 Å². The standard InChI is InChI=1S/C8H10ClF3N2/c9-4-1-2-5-14-6-3-7(13-14)8(10,11)12/h3,6H,1-2,4-5H2. The molecule has 0 amide bonds. The predicted molar refractivity (Wildman–Crippen MR) is 47.2 cm³/mol. The van der Waals surface area contributed by atoms with Crippen LogP contribution in [0.2, 0.25) is 0 Å². The smallest absolute Gasteiger partial charge is 0.272 e. The summed E-state index contributed by atoms with van der Waals surface area (Å²) in [6.45, 7) is 0.475. The fourth-order valence-electron chi connectivity index (χ4n) is 1.01. The first kappa shape index (κ1) is 11.4. The summed E-state index contributed by atoms with van der Waals surface area (Å²) in [5.41, 5.74) is -0.844. The highest BCUT2D eigenvalue weighted by molar-refractivity contribution is 6.17. The lowest BCUT2D eigenvalue weighted by Crippen LogP contribution is -2.08. The van der Waals surface area contributed by atoms with E-state index in [2.05, 4.69) is 5.10 Å². The molecule has 14 heavy (non-hydrogen) atoms. The highest BCUT2D eigenvalue weighted by Gasteiger charge is 2.33. The van der Waals surface area contributed by atoms with E-state index in [4.69, 9.17) is 11.6 Å². The van der Waals surface area contributed by atoms with Crippen LogP contribution >= 0.6 is 11.6 Å². The lowest BCUT2D eigenvalue weighted by atomic mass is 10.3. The summed E-state index contributed by atoms with van der Waals surface area (Å²) in [4.78, 5) is 0. The van der Waals surface area contributed by atoms with Crippen molar-refractivity contribution in [1.82, 2.24) is 9.78 Å². The summed E-state index contributed by atoms with van der Waals surface area (Å²) in [5, 5.41) is 3.40. The van der Waals surface area contributed by atoms with Crippen LogP contribution in [0.5, 0.6) is 0 Å². The van der Waals surface area contributed by atoms with Crippen molar-refractivity contribution in [3.05, 3.63) is 18.0 Å². The molecule has 0 radical (unpaired) electrons. The van der Waals surface area contributed by atoms with Gasteiger partial charge in [-0.3, -0.25) is 4.68 Å². The molecule has 2 nitrogen and oxygen atoms in total. The van der Waals surface area contributed by atoms with E-state index in [1.54, 1.807) is 0 Å². The van der Waals surface area contributed by atoms with Gasteiger partial charge in [0, 0.05) is 18.6 Å². The first-order valence-corrected chi connectivity index (χ1v) is 4.74. The van der Waals surface area contributed by atoms with Gasteiger partial charge in [0.15, 0.2) is 5.69 Å². The Hall–Kier alpha value is -0.710. The maximum atomic E-state index is 12.1. The molecule has 1 aromatic heterocycles. The Morgan fingerprint density at radius 3 is 2.57 bits per heavy atom. The Kier molecular flexibility index (Phi) is 3.80. The maximum Gasteiger partial charge on any atom is 0.435 e. The molecule has 0 unspecified atom stereocenters. The second-order valence-corrected chi connectivity index (χ2v) is 3.24. The van der Waals surface area contributed by atoms with Crippen molar-refractivity contribution in [2.75, 3.05) is 5.88 Å². The predicted octanol–water partition coefficient (Wildman–Crippen LogP) is 2.92. The maximum absolute atomic E-state index is 12.1. The minimum atomic E-state index is -4.35. The largest absolute Gasteiger partial charge is 0.435 e. The quantitative estimate of drug-likeness (QED) is 0.570. The van der Waals surface area contributed by atoms with E-state index in [1.165, 1.54) is 10.9 Å². The van der Waals surface area contributed by atoms with E-state index in [0.29, 0.717) is 12.4 Å². The van der Waals surface area contributed by atoms with Gasteiger partial charge in [0.25, 0.3) is 0 Å². The van der Waals surface area contributed by atoms with E-state index in [0.717, 1.165) is 18.9 Å². The van der Waals surface area contributed by atoms with Gasteiger partial charge in [0.05, 0.1) is 0 Å². The van der Waals surface area contributed by atoms with Crippen LogP contribution in [0.15, 0.2) is 12.3 Å². The van der Waals surface area contributed by atoms with Gasteiger partial charge in [-0.25, -0.2) is 0 Å². The van der Waals surface area contributed by atoms with E-state index in [-0.39, 0.29) is 0 Å². The van der Waals surface area contributed by atoms with Crippen LogP contribution in [0.3, 0.4) is 0 Å². The minimum Gasteiger partial charge on any atom is -0.272 e. The van der Waals surface area contributed by atoms with Crippen molar-refractivity contribution in [2.45, 2.75) is 25.6 Å². The lowest BCUT2D eigenvalue weighted by molar-refractivity contribution is -0.141. The van der Waals surface area contributed by atoms with Crippen molar-refractivity contribution in [2.24, 2.45) is 0 Å². The molecule has 80 valence electrons. The highest BCUT2D eigenvalue weighted by atomic mass is 35.5. The Morgan fingerprint density at radius 1 is 1.36 bits per heavy atom. The van der Waals surface area contributed by atoms with Gasteiger partial charge in [-0.05, 0) is 18.9 Å². The van der Waals surface area contributed by atoms with E-state index in [9.17, 15) is 13.2 Å². The zero-order valence-electron chi connectivity index (χ0n) is 7.39. The molecule has 0 aliphatic heterocycles. The minimum absolute atomic E-state index is 0.475. The van der Waals surface area contributed by atoms with Crippen LogP contribution < -0.4 is 0 Å². The Morgan fingerprint density at radius 2 is 2.07 bits per heavy atom. The number of alkyl halides is 4. The normalized spacial score (nSPS) is 12.0. The summed E-state index contributed by atoms with van der Waals surface area (Å²) < 4.78 is 37.6. The van der Waals surface area contributed by atoms with Crippen molar-refractivity contribution < 1.29 is 13.2 Å². The van der Waals surface area contributed by atoms with Crippen LogP contribution in [0.25, 0.3) is 0 Å². The number of nitrogens with zero attached hydrogens (tertiary/aromatic N) is 2.